The van der Waals surface area contributed by atoms with Crippen molar-refractivity contribution in [3.8, 4) is 5.75 Å². The van der Waals surface area contributed by atoms with Gasteiger partial charge in [-0.3, -0.25) is 4.79 Å². The lowest BCUT2D eigenvalue weighted by Crippen LogP contribution is -2.33. The fourth-order valence-corrected chi connectivity index (χ4v) is 1.49. The molecule has 6 heteroatoms. The van der Waals surface area contributed by atoms with E-state index in [9.17, 15) is 14.3 Å². The standard InChI is InChI=1S/C12H17FN2O3/c1-18-7-8(14)5-6-15-12(17)11-9(13)3-2-4-10(11)16/h2-4,8,16H,5-7,14H2,1H3,(H,15,17). The van der Waals surface area contributed by atoms with Crippen LogP contribution in [0.4, 0.5) is 4.39 Å². The van der Waals surface area contributed by atoms with E-state index in [2.05, 4.69) is 5.32 Å². The van der Waals surface area contributed by atoms with Crippen molar-refractivity contribution in [3.05, 3.63) is 29.6 Å². The van der Waals surface area contributed by atoms with Crippen LogP contribution in [0.5, 0.6) is 5.75 Å². The summed E-state index contributed by atoms with van der Waals surface area (Å²) in [7, 11) is 1.54. The largest absolute Gasteiger partial charge is 0.507 e. The first-order chi connectivity index (χ1) is 8.56. The topological polar surface area (TPSA) is 84.6 Å². The van der Waals surface area contributed by atoms with Gasteiger partial charge < -0.3 is 20.9 Å². The Morgan fingerprint density at radius 3 is 2.94 bits per heavy atom. The Hall–Kier alpha value is -1.66. The molecule has 0 spiro atoms. The minimum Gasteiger partial charge on any atom is -0.507 e. The van der Waals surface area contributed by atoms with Gasteiger partial charge in [0, 0.05) is 19.7 Å². The molecule has 1 rings (SSSR count). The van der Waals surface area contributed by atoms with Gasteiger partial charge in [0.05, 0.1) is 6.61 Å². The molecule has 0 aliphatic heterocycles. The van der Waals surface area contributed by atoms with Gasteiger partial charge in [-0.2, -0.15) is 0 Å². The number of hydrogen-bond acceptors (Lipinski definition) is 4. The van der Waals surface area contributed by atoms with Gasteiger partial charge in [-0.1, -0.05) is 6.07 Å². The van der Waals surface area contributed by atoms with Gasteiger partial charge in [-0.15, -0.1) is 0 Å². The van der Waals surface area contributed by atoms with Crippen molar-refractivity contribution in [2.75, 3.05) is 20.3 Å². The maximum Gasteiger partial charge on any atom is 0.258 e. The molecule has 1 atom stereocenters. The van der Waals surface area contributed by atoms with Crippen molar-refractivity contribution < 1.29 is 19.0 Å². The van der Waals surface area contributed by atoms with Crippen LogP contribution >= 0.6 is 0 Å². The molecule has 18 heavy (non-hydrogen) atoms. The van der Waals surface area contributed by atoms with E-state index in [4.69, 9.17) is 10.5 Å². The molecule has 0 aliphatic carbocycles. The number of phenolic OH excluding ortho intramolecular Hbond substituents is 1. The molecule has 0 saturated carbocycles. The number of methoxy groups -OCH3 is 1. The maximum absolute atomic E-state index is 13.3. The lowest BCUT2D eigenvalue weighted by molar-refractivity contribution is 0.0943. The number of aromatic hydroxyl groups is 1. The number of ether oxygens (including phenoxy) is 1. The van der Waals surface area contributed by atoms with E-state index in [0.717, 1.165) is 6.07 Å². The van der Waals surface area contributed by atoms with E-state index >= 15 is 0 Å². The van der Waals surface area contributed by atoms with Crippen molar-refractivity contribution in [3.63, 3.8) is 0 Å². The van der Waals surface area contributed by atoms with Gasteiger partial charge in [0.25, 0.3) is 5.91 Å². The second-order valence-corrected chi connectivity index (χ2v) is 3.89. The molecule has 0 aromatic heterocycles. The van der Waals surface area contributed by atoms with Gasteiger partial charge >= 0.3 is 0 Å². The van der Waals surface area contributed by atoms with Crippen LogP contribution in [0.1, 0.15) is 16.8 Å². The van der Waals surface area contributed by atoms with Crippen LogP contribution in [-0.2, 0) is 4.74 Å². The van der Waals surface area contributed by atoms with Gasteiger partial charge in [0.2, 0.25) is 0 Å². The Labute approximate surface area is 105 Å². The first kappa shape index (κ1) is 14.4. The number of carbonyl (C=O) groups is 1. The molecule has 0 fully saturated rings. The summed E-state index contributed by atoms with van der Waals surface area (Å²) in [5.74, 6) is -1.79. The van der Waals surface area contributed by atoms with Crippen molar-refractivity contribution in [2.24, 2.45) is 5.73 Å². The zero-order valence-corrected chi connectivity index (χ0v) is 10.1. The van der Waals surface area contributed by atoms with Crippen LogP contribution in [0.3, 0.4) is 0 Å². The van der Waals surface area contributed by atoms with Crippen molar-refractivity contribution in [1.29, 1.82) is 0 Å². The Kier molecular flexibility index (Phi) is 5.54. The Bertz CT molecular complexity index is 392. The van der Waals surface area contributed by atoms with Crippen LogP contribution in [0, 0.1) is 5.82 Å². The van der Waals surface area contributed by atoms with E-state index in [-0.39, 0.29) is 23.9 Å². The van der Waals surface area contributed by atoms with E-state index in [1.165, 1.54) is 19.2 Å². The predicted octanol–water partition coefficient (Wildman–Crippen LogP) is 0.625. The fraction of sp³-hybridized carbons (Fsp3) is 0.417. The quantitative estimate of drug-likeness (QED) is 0.696. The average Bonchev–Trinajstić information content (AvgIpc) is 2.29. The first-order valence-corrected chi connectivity index (χ1v) is 5.56. The first-order valence-electron chi connectivity index (χ1n) is 5.56. The lowest BCUT2D eigenvalue weighted by Gasteiger charge is -2.11. The molecule has 0 radical (unpaired) electrons. The second kappa shape index (κ2) is 6.93. The molecule has 1 aromatic carbocycles. The number of benzene rings is 1. The number of nitrogens with two attached hydrogens (primary N) is 1. The average molecular weight is 256 g/mol. The van der Waals surface area contributed by atoms with Gasteiger partial charge in [0.15, 0.2) is 0 Å². The Balaban J connectivity index is 2.51. The third-order valence-electron chi connectivity index (χ3n) is 2.40. The summed E-state index contributed by atoms with van der Waals surface area (Å²) in [4.78, 5) is 11.6. The number of nitrogens with one attached hydrogen (secondary N) is 1. The normalized spacial score (nSPS) is 12.2. The highest BCUT2D eigenvalue weighted by atomic mass is 19.1. The summed E-state index contributed by atoms with van der Waals surface area (Å²) in [5.41, 5.74) is 5.32. The molecule has 5 nitrogen and oxygen atoms in total. The molecule has 0 heterocycles. The summed E-state index contributed by atoms with van der Waals surface area (Å²) in [6, 6.07) is 3.51. The van der Waals surface area contributed by atoms with Crippen LogP contribution in [-0.4, -0.2) is 37.3 Å². The summed E-state index contributed by atoms with van der Waals surface area (Å²) in [6.07, 6.45) is 0.509. The molecule has 4 N–H and O–H groups in total. The van der Waals surface area contributed by atoms with Gasteiger partial charge in [0.1, 0.15) is 17.1 Å². The lowest BCUT2D eigenvalue weighted by atomic mass is 10.1. The summed E-state index contributed by atoms with van der Waals surface area (Å²) in [5, 5.41) is 11.9. The number of halogens is 1. The number of rotatable bonds is 6. The van der Waals surface area contributed by atoms with Crippen LogP contribution in [0.15, 0.2) is 18.2 Å². The molecule has 1 unspecified atom stereocenters. The summed E-state index contributed by atoms with van der Waals surface area (Å²) >= 11 is 0. The van der Waals surface area contributed by atoms with Crippen molar-refractivity contribution >= 4 is 5.91 Å². The van der Waals surface area contributed by atoms with Crippen LogP contribution in [0.25, 0.3) is 0 Å². The highest BCUT2D eigenvalue weighted by Crippen LogP contribution is 2.19. The predicted molar refractivity (Wildman–Crippen MR) is 64.9 cm³/mol. The highest BCUT2D eigenvalue weighted by molar-refractivity contribution is 5.97. The zero-order chi connectivity index (χ0) is 13.5. The van der Waals surface area contributed by atoms with Crippen LogP contribution in [0.2, 0.25) is 0 Å². The maximum atomic E-state index is 13.3. The monoisotopic (exact) mass is 256 g/mol. The smallest absolute Gasteiger partial charge is 0.258 e. The van der Waals surface area contributed by atoms with E-state index in [1.807, 2.05) is 0 Å². The third-order valence-corrected chi connectivity index (χ3v) is 2.40. The zero-order valence-electron chi connectivity index (χ0n) is 10.1. The van der Waals surface area contributed by atoms with Gasteiger partial charge in [-0.25, -0.2) is 4.39 Å². The second-order valence-electron chi connectivity index (χ2n) is 3.89. The van der Waals surface area contributed by atoms with E-state index in [0.29, 0.717) is 13.0 Å². The summed E-state index contributed by atoms with van der Waals surface area (Å²) in [6.45, 7) is 0.679. The molecule has 100 valence electrons. The fourth-order valence-electron chi connectivity index (χ4n) is 1.49. The van der Waals surface area contributed by atoms with E-state index in [1.54, 1.807) is 0 Å². The Morgan fingerprint density at radius 1 is 1.61 bits per heavy atom. The number of carbonyl (C=O) groups excluding carboxylic acids is 1. The molecule has 1 aromatic rings. The molecular formula is C12H17FN2O3. The number of amides is 1. The molecule has 1 amide bonds. The van der Waals surface area contributed by atoms with E-state index < -0.39 is 11.7 Å². The van der Waals surface area contributed by atoms with Gasteiger partial charge in [-0.05, 0) is 18.6 Å². The Morgan fingerprint density at radius 2 is 2.33 bits per heavy atom. The highest BCUT2D eigenvalue weighted by Gasteiger charge is 2.16. The number of hydrogen-bond donors (Lipinski definition) is 3. The third kappa shape index (κ3) is 3.97. The molecular weight excluding hydrogens is 239 g/mol. The van der Waals surface area contributed by atoms with Crippen LogP contribution < -0.4 is 11.1 Å². The van der Waals surface area contributed by atoms with Crippen molar-refractivity contribution in [1.82, 2.24) is 5.32 Å². The molecule has 0 saturated heterocycles. The summed E-state index contributed by atoms with van der Waals surface area (Å²) < 4.78 is 18.2. The minimum atomic E-state index is -0.756. The minimum absolute atomic E-state index is 0.190. The SMILES string of the molecule is COCC(N)CCNC(=O)c1c(O)cccc1F. The molecule has 0 aliphatic rings. The molecule has 0 bridgehead atoms. The number of phenols is 1. The van der Waals surface area contributed by atoms with Crippen molar-refractivity contribution in [2.45, 2.75) is 12.5 Å².